The zero-order valence-electron chi connectivity index (χ0n) is 18.0. The van der Waals surface area contributed by atoms with Gasteiger partial charge in [-0.2, -0.15) is 18.3 Å². The summed E-state index contributed by atoms with van der Waals surface area (Å²) >= 11 is 0. The highest BCUT2D eigenvalue weighted by Crippen LogP contribution is 2.33. The number of alkyl halides is 3. The fourth-order valence-electron chi connectivity index (χ4n) is 4.30. The third kappa shape index (κ3) is 4.58. The van der Waals surface area contributed by atoms with Gasteiger partial charge in [0, 0.05) is 29.8 Å². The van der Waals surface area contributed by atoms with Gasteiger partial charge in [-0.1, -0.05) is 18.2 Å². The van der Waals surface area contributed by atoms with Crippen LogP contribution in [-0.4, -0.2) is 38.0 Å². The van der Waals surface area contributed by atoms with Crippen LogP contribution in [0.15, 0.2) is 65.5 Å². The molecule has 0 saturated carbocycles. The molecule has 3 heterocycles. The molecule has 0 bridgehead atoms. The minimum atomic E-state index is -4.47. The summed E-state index contributed by atoms with van der Waals surface area (Å²) in [7, 11) is 0. The topological polar surface area (TPSA) is 60.0 Å². The summed E-state index contributed by atoms with van der Waals surface area (Å²) in [6, 6.07) is 11.2. The van der Waals surface area contributed by atoms with Crippen LogP contribution >= 0.6 is 0 Å². The smallest absolute Gasteiger partial charge is 0.416 e. The van der Waals surface area contributed by atoms with Crippen molar-refractivity contribution < 1.29 is 22.0 Å². The minimum absolute atomic E-state index is 0.192. The Labute approximate surface area is 192 Å². The van der Waals surface area contributed by atoms with Gasteiger partial charge in [0.1, 0.15) is 11.5 Å². The normalized spacial score (nSPS) is 15.6. The highest BCUT2D eigenvalue weighted by Gasteiger charge is 2.31. The van der Waals surface area contributed by atoms with Gasteiger partial charge in [0.2, 0.25) is 12.3 Å². The molecule has 1 fully saturated rings. The fraction of sp³-hybridized carbons (Fsp3) is 0.292. The lowest BCUT2D eigenvalue weighted by atomic mass is 9.96. The molecule has 0 amide bonds. The molecule has 1 saturated heterocycles. The van der Waals surface area contributed by atoms with Crippen LogP contribution in [-0.2, 0) is 12.7 Å². The predicted molar refractivity (Wildman–Crippen MR) is 116 cm³/mol. The number of rotatable bonds is 5. The van der Waals surface area contributed by atoms with Crippen LogP contribution in [0.2, 0.25) is 0 Å². The molecule has 0 N–H and O–H groups in total. The number of hydrogen-bond acceptors (Lipinski definition) is 5. The van der Waals surface area contributed by atoms with Gasteiger partial charge in [-0.15, -0.1) is 10.2 Å². The molecule has 176 valence electrons. The lowest BCUT2D eigenvalue weighted by molar-refractivity contribution is -0.137. The van der Waals surface area contributed by atoms with Crippen LogP contribution in [0.3, 0.4) is 0 Å². The van der Waals surface area contributed by atoms with Gasteiger partial charge in [0.05, 0.1) is 11.3 Å². The standard InChI is InChI=1S/C24H21F4N5O/c25-21-7-2-1-6-20(21)22-17(13-32-10-8-16(9-11-32)23-30-29-15-34-23)14-33(31-22)19-5-3-4-18(12-19)24(26,27)28/h1-7,12,14-16H,8-11,13H2. The molecule has 10 heteroatoms. The molecular weight excluding hydrogens is 450 g/mol. The van der Waals surface area contributed by atoms with Crippen molar-refractivity contribution in [3.05, 3.63) is 84.0 Å². The number of halogens is 4. The molecule has 0 radical (unpaired) electrons. The molecule has 4 aromatic rings. The monoisotopic (exact) mass is 471 g/mol. The second-order valence-corrected chi connectivity index (χ2v) is 8.30. The third-order valence-electron chi connectivity index (χ3n) is 6.06. The highest BCUT2D eigenvalue weighted by atomic mass is 19.4. The first kappa shape index (κ1) is 22.3. The SMILES string of the molecule is Fc1ccccc1-c1nn(-c2cccc(C(F)(F)F)c2)cc1CN1CCC(c2nnco2)CC1. The Balaban J connectivity index is 1.44. The van der Waals surface area contributed by atoms with Crippen molar-refractivity contribution in [2.45, 2.75) is 31.5 Å². The number of piperidine rings is 1. The molecule has 6 nitrogen and oxygen atoms in total. The molecule has 0 atom stereocenters. The summed E-state index contributed by atoms with van der Waals surface area (Å²) < 4.78 is 61.0. The quantitative estimate of drug-likeness (QED) is 0.362. The third-order valence-corrected chi connectivity index (χ3v) is 6.06. The summed E-state index contributed by atoms with van der Waals surface area (Å²) in [6.07, 6.45) is 0.201. The molecule has 0 unspecified atom stereocenters. The van der Waals surface area contributed by atoms with E-state index in [1.807, 2.05) is 0 Å². The van der Waals surface area contributed by atoms with E-state index in [0.29, 0.717) is 23.7 Å². The molecule has 1 aliphatic rings. The molecule has 34 heavy (non-hydrogen) atoms. The first-order valence-electron chi connectivity index (χ1n) is 10.9. The Kier molecular flexibility index (Phi) is 5.91. The van der Waals surface area contributed by atoms with Gasteiger partial charge in [-0.25, -0.2) is 9.07 Å². The Bertz CT molecular complexity index is 1260. The van der Waals surface area contributed by atoms with Gasteiger partial charge >= 0.3 is 6.18 Å². The molecular formula is C24H21F4N5O. The lowest BCUT2D eigenvalue weighted by Gasteiger charge is -2.30. The maximum atomic E-state index is 14.6. The number of hydrogen-bond donors (Lipinski definition) is 0. The first-order valence-corrected chi connectivity index (χ1v) is 10.9. The predicted octanol–water partition coefficient (Wildman–Crippen LogP) is 5.46. The van der Waals surface area contributed by atoms with Crippen LogP contribution in [0.25, 0.3) is 16.9 Å². The second kappa shape index (κ2) is 9.02. The van der Waals surface area contributed by atoms with Crippen molar-refractivity contribution in [1.82, 2.24) is 24.9 Å². The van der Waals surface area contributed by atoms with Crippen molar-refractivity contribution in [2.24, 2.45) is 0 Å². The number of aromatic nitrogens is 4. The molecule has 1 aliphatic heterocycles. The number of benzene rings is 2. The summed E-state index contributed by atoms with van der Waals surface area (Å²) in [5.74, 6) is 0.384. The fourth-order valence-corrected chi connectivity index (χ4v) is 4.30. The summed E-state index contributed by atoms with van der Waals surface area (Å²) in [5, 5.41) is 12.3. The second-order valence-electron chi connectivity index (χ2n) is 8.30. The minimum Gasteiger partial charge on any atom is -0.428 e. The van der Waals surface area contributed by atoms with Crippen molar-refractivity contribution in [2.75, 3.05) is 13.1 Å². The van der Waals surface area contributed by atoms with Crippen LogP contribution in [0.4, 0.5) is 17.6 Å². The number of nitrogens with zero attached hydrogens (tertiary/aromatic N) is 5. The van der Waals surface area contributed by atoms with E-state index in [2.05, 4.69) is 20.2 Å². The molecule has 2 aromatic heterocycles. The Morgan fingerprint density at radius 2 is 1.82 bits per heavy atom. The van der Waals surface area contributed by atoms with Crippen molar-refractivity contribution in [1.29, 1.82) is 0 Å². The molecule has 0 aliphatic carbocycles. The van der Waals surface area contributed by atoms with Crippen molar-refractivity contribution in [3.8, 4) is 16.9 Å². The summed E-state index contributed by atoms with van der Waals surface area (Å²) in [5.41, 5.74) is 0.948. The van der Waals surface area contributed by atoms with E-state index in [1.54, 1.807) is 30.5 Å². The first-order chi connectivity index (χ1) is 16.4. The van der Waals surface area contributed by atoms with E-state index in [0.717, 1.165) is 43.6 Å². The van der Waals surface area contributed by atoms with Crippen LogP contribution < -0.4 is 0 Å². The summed E-state index contributed by atoms with van der Waals surface area (Å²) in [6.45, 7) is 2.01. The van der Waals surface area contributed by atoms with Gasteiger partial charge in [-0.05, 0) is 56.3 Å². The molecule has 0 spiro atoms. The van der Waals surface area contributed by atoms with Gasteiger partial charge in [-0.3, -0.25) is 4.90 Å². The molecule has 5 rings (SSSR count). The largest absolute Gasteiger partial charge is 0.428 e. The number of likely N-dealkylation sites (tertiary alicyclic amines) is 1. The van der Waals surface area contributed by atoms with E-state index in [1.165, 1.54) is 23.2 Å². The average Bonchev–Trinajstić information content (AvgIpc) is 3.50. The van der Waals surface area contributed by atoms with E-state index in [-0.39, 0.29) is 11.6 Å². The zero-order valence-corrected chi connectivity index (χ0v) is 18.0. The Morgan fingerprint density at radius 1 is 1.03 bits per heavy atom. The van der Waals surface area contributed by atoms with E-state index in [9.17, 15) is 17.6 Å². The Morgan fingerprint density at radius 3 is 2.53 bits per heavy atom. The van der Waals surface area contributed by atoms with Crippen LogP contribution in [0, 0.1) is 5.82 Å². The van der Waals surface area contributed by atoms with Gasteiger partial charge in [0.15, 0.2) is 0 Å². The van der Waals surface area contributed by atoms with E-state index < -0.39 is 17.6 Å². The van der Waals surface area contributed by atoms with E-state index >= 15 is 0 Å². The molecule has 2 aromatic carbocycles. The highest BCUT2D eigenvalue weighted by molar-refractivity contribution is 5.64. The lowest BCUT2D eigenvalue weighted by Crippen LogP contribution is -2.32. The maximum absolute atomic E-state index is 14.6. The zero-order chi connectivity index (χ0) is 23.7. The maximum Gasteiger partial charge on any atom is 0.416 e. The Hall–Kier alpha value is -3.53. The van der Waals surface area contributed by atoms with Crippen LogP contribution in [0.5, 0.6) is 0 Å². The average molecular weight is 471 g/mol. The van der Waals surface area contributed by atoms with Gasteiger partial charge < -0.3 is 4.42 Å². The van der Waals surface area contributed by atoms with Crippen LogP contribution in [0.1, 0.15) is 35.8 Å². The van der Waals surface area contributed by atoms with Gasteiger partial charge in [0.25, 0.3) is 0 Å². The van der Waals surface area contributed by atoms with Crippen molar-refractivity contribution in [3.63, 3.8) is 0 Å². The summed E-state index contributed by atoms with van der Waals surface area (Å²) in [4.78, 5) is 2.21. The van der Waals surface area contributed by atoms with E-state index in [4.69, 9.17) is 4.42 Å². The van der Waals surface area contributed by atoms with Crippen molar-refractivity contribution >= 4 is 0 Å².